The summed E-state index contributed by atoms with van der Waals surface area (Å²) in [6.45, 7) is 0. The summed E-state index contributed by atoms with van der Waals surface area (Å²) in [5, 5.41) is 4.97. The van der Waals surface area contributed by atoms with Crippen molar-refractivity contribution in [3.63, 3.8) is 0 Å². The van der Waals surface area contributed by atoms with Gasteiger partial charge in [0.15, 0.2) is 0 Å². The van der Waals surface area contributed by atoms with Gasteiger partial charge in [0.1, 0.15) is 0 Å². The summed E-state index contributed by atoms with van der Waals surface area (Å²) in [5.41, 5.74) is 10.3. The van der Waals surface area contributed by atoms with Crippen molar-refractivity contribution >= 4 is 32.6 Å². The maximum Gasteiger partial charge on any atom is 0.0744 e. The Morgan fingerprint density at radius 1 is 0.476 bits per heavy atom. The number of hydrogen-bond donors (Lipinski definition) is 0. The minimum atomic E-state index is -0.553. The third kappa shape index (κ3) is 3.00. The number of rotatable bonds is 3. The summed E-state index contributed by atoms with van der Waals surface area (Å²) < 4.78 is 2.45. The standard InChI is InChI=1S/C39H25N3/c1-2-14-29-26(10-1)11-7-19-36(29)42-37-18-6-4-16-31(37)33-22-32-30-15-3-5-17-34(30)39(35(32)23-38(33)42,27-12-8-20-40-24-27)28-13-9-21-41-25-28/h1-25H. The van der Waals surface area contributed by atoms with Gasteiger partial charge in [-0.2, -0.15) is 0 Å². The monoisotopic (exact) mass is 535 g/mol. The van der Waals surface area contributed by atoms with Gasteiger partial charge in [-0.05, 0) is 75.2 Å². The third-order valence-corrected chi connectivity index (χ3v) is 9.03. The highest BCUT2D eigenvalue weighted by atomic mass is 15.0. The van der Waals surface area contributed by atoms with Gasteiger partial charge in [-0.3, -0.25) is 9.97 Å². The molecule has 3 heterocycles. The first-order chi connectivity index (χ1) is 20.9. The van der Waals surface area contributed by atoms with E-state index < -0.39 is 5.41 Å². The van der Waals surface area contributed by atoms with Gasteiger partial charge in [0.25, 0.3) is 0 Å². The lowest BCUT2D eigenvalue weighted by Crippen LogP contribution is -2.29. The number of fused-ring (bicyclic) bond motifs is 7. The Bertz CT molecular complexity index is 2250. The van der Waals surface area contributed by atoms with E-state index in [4.69, 9.17) is 0 Å². The van der Waals surface area contributed by atoms with Crippen molar-refractivity contribution in [2.75, 3.05) is 0 Å². The lowest BCUT2D eigenvalue weighted by molar-refractivity contribution is 0.758. The molecule has 0 saturated heterocycles. The van der Waals surface area contributed by atoms with Crippen LogP contribution in [0.5, 0.6) is 0 Å². The maximum absolute atomic E-state index is 4.62. The van der Waals surface area contributed by atoms with Crippen molar-refractivity contribution in [1.29, 1.82) is 0 Å². The SMILES string of the molecule is c1cncc(C2(c3cccnc3)c3ccccc3-c3cc4c5ccccc5n(-c5cccc6ccccc56)c4cc32)c1. The van der Waals surface area contributed by atoms with Crippen molar-refractivity contribution in [2.45, 2.75) is 5.41 Å². The molecular formula is C39H25N3. The van der Waals surface area contributed by atoms with E-state index in [0.717, 1.165) is 11.1 Å². The lowest BCUT2D eigenvalue weighted by Gasteiger charge is -2.33. The first-order valence-electron chi connectivity index (χ1n) is 14.3. The Morgan fingerprint density at radius 2 is 1.17 bits per heavy atom. The van der Waals surface area contributed by atoms with E-state index in [-0.39, 0.29) is 0 Å². The number of hydrogen-bond acceptors (Lipinski definition) is 2. The molecule has 8 aromatic rings. The molecule has 1 aliphatic carbocycles. The van der Waals surface area contributed by atoms with E-state index in [2.05, 4.69) is 130 Å². The highest BCUT2D eigenvalue weighted by Gasteiger charge is 2.47. The van der Waals surface area contributed by atoms with E-state index in [9.17, 15) is 0 Å². The molecule has 3 aromatic heterocycles. The Kier molecular flexibility index (Phi) is 4.82. The molecule has 9 rings (SSSR count). The van der Waals surface area contributed by atoms with E-state index in [1.807, 2.05) is 36.9 Å². The molecule has 0 amide bonds. The number of pyridine rings is 2. The first-order valence-corrected chi connectivity index (χ1v) is 14.3. The number of benzene rings is 5. The van der Waals surface area contributed by atoms with Crippen molar-refractivity contribution in [3.8, 4) is 16.8 Å². The molecule has 0 saturated carbocycles. The largest absolute Gasteiger partial charge is 0.309 e. The molecule has 1 aliphatic rings. The average molecular weight is 536 g/mol. The number of nitrogens with zero attached hydrogens (tertiary/aromatic N) is 3. The van der Waals surface area contributed by atoms with Crippen LogP contribution in [0.4, 0.5) is 0 Å². The van der Waals surface area contributed by atoms with E-state index >= 15 is 0 Å². The Hall–Kier alpha value is -5.54. The topological polar surface area (TPSA) is 30.7 Å². The summed E-state index contributed by atoms with van der Waals surface area (Å²) in [5.74, 6) is 0. The van der Waals surface area contributed by atoms with Crippen molar-refractivity contribution < 1.29 is 0 Å². The molecule has 0 fully saturated rings. The molecule has 5 aromatic carbocycles. The first kappa shape index (κ1) is 23.2. The third-order valence-electron chi connectivity index (χ3n) is 9.03. The molecule has 0 spiro atoms. The van der Waals surface area contributed by atoms with E-state index in [1.165, 1.54) is 60.5 Å². The minimum Gasteiger partial charge on any atom is -0.309 e. The molecule has 0 aliphatic heterocycles. The quantitative estimate of drug-likeness (QED) is 0.226. The summed E-state index contributed by atoms with van der Waals surface area (Å²) in [7, 11) is 0. The van der Waals surface area contributed by atoms with Gasteiger partial charge in [-0.1, -0.05) is 91.0 Å². The molecule has 196 valence electrons. The fraction of sp³-hybridized carbons (Fsp3) is 0.0256. The fourth-order valence-electron chi connectivity index (χ4n) is 7.36. The molecule has 3 nitrogen and oxygen atoms in total. The summed E-state index contributed by atoms with van der Waals surface area (Å²) in [4.78, 5) is 9.23. The van der Waals surface area contributed by atoms with Crippen LogP contribution in [0.15, 0.2) is 152 Å². The molecule has 0 atom stereocenters. The van der Waals surface area contributed by atoms with Crippen LogP contribution in [0.2, 0.25) is 0 Å². The van der Waals surface area contributed by atoms with Crippen LogP contribution >= 0.6 is 0 Å². The smallest absolute Gasteiger partial charge is 0.0744 e. The zero-order chi connectivity index (χ0) is 27.7. The van der Waals surface area contributed by atoms with Gasteiger partial charge < -0.3 is 4.57 Å². The summed E-state index contributed by atoms with van der Waals surface area (Å²) in [6.07, 6.45) is 7.74. The van der Waals surface area contributed by atoms with Crippen LogP contribution in [-0.4, -0.2) is 14.5 Å². The Morgan fingerprint density at radius 3 is 1.95 bits per heavy atom. The fourth-order valence-corrected chi connectivity index (χ4v) is 7.36. The van der Waals surface area contributed by atoms with Gasteiger partial charge in [-0.15, -0.1) is 0 Å². The molecule has 0 radical (unpaired) electrons. The maximum atomic E-state index is 4.62. The lowest BCUT2D eigenvalue weighted by atomic mass is 9.68. The summed E-state index contributed by atoms with van der Waals surface area (Å²) >= 11 is 0. The normalized spacial score (nSPS) is 13.4. The predicted octanol–water partition coefficient (Wildman–Crippen LogP) is 9.09. The van der Waals surface area contributed by atoms with Crippen LogP contribution in [0.1, 0.15) is 22.3 Å². The van der Waals surface area contributed by atoms with Crippen LogP contribution in [-0.2, 0) is 5.41 Å². The zero-order valence-electron chi connectivity index (χ0n) is 22.8. The van der Waals surface area contributed by atoms with Crippen molar-refractivity contribution in [1.82, 2.24) is 14.5 Å². The van der Waals surface area contributed by atoms with Crippen LogP contribution in [0.3, 0.4) is 0 Å². The average Bonchev–Trinajstić information content (AvgIpc) is 3.54. The van der Waals surface area contributed by atoms with Gasteiger partial charge in [-0.25, -0.2) is 0 Å². The van der Waals surface area contributed by atoms with Gasteiger partial charge >= 0.3 is 0 Å². The van der Waals surface area contributed by atoms with Crippen LogP contribution in [0, 0.1) is 0 Å². The van der Waals surface area contributed by atoms with Gasteiger partial charge in [0.2, 0.25) is 0 Å². The summed E-state index contributed by atoms with van der Waals surface area (Å²) in [6, 6.07) is 46.2. The second-order valence-electron chi connectivity index (χ2n) is 11.0. The van der Waals surface area contributed by atoms with E-state index in [1.54, 1.807) is 0 Å². The minimum absolute atomic E-state index is 0.553. The van der Waals surface area contributed by atoms with Gasteiger partial charge in [0.05, 0.1) is 22.1 Å². The highest BCUT2D eigenvalue weighted by molar-refractivity contribution is 6.13. The van der Waals surface area contributed by atoms with Crippen molar-refractivity contribution in [2.24, 2.45) is 0 Å². The van der Waals surface area contributed by atoms with Crippen molar-refractivity contribution in [3.05, 3.63) is 174 Å². The van der Waals surface area contributed by atoms with E-state index in [0.29, 0.717) is 0 Å². The number of aromatic nitrogens is 3. The van der Waals surface area contributed by atoms with Crippen LogP contribution in [0.25, 0.3) is 49.4 Å². The molecule has 3 heteroatoms. The molecular weight excluding hydrogens is 510 g/mol. The Balaban J connectivity index is 1.48. The second kappa shape index (κ2) is 8.73. The molecule has 42 heavy (non-hydrogen) atoms. The van der Waals surface area contributed by atoms with Gasteiger partial charge in [0, 0.05) is 40.9 Å². The Labute approximate surface area is 243 Å². The predicted molar refractivity (Wildman–Crippen MR) is 171 cm³/mol. The highest BCUT2D eigenvalue weighted by Crippen LogP contribution is 2.57. The zero-order valence-corrected chi connectivity index (χ0v) is 22.8. The molecule has 0 unspecified atom stereocenters. The second-order valence-corrected chi connectivity index (χ2v) is 11.0. The molecule has 0 N–H and O–H groups in total. The molecule has 0 bridgehead atoms. The van der Waals surface area contributed by atoms with Crippen LogP contribution < -0.4 is 0 Å². The number of para-hydroxylation sites is 1.